The fourth-order valence-electron chi connectivity index (χ4n) is 2.55. The molecule has 0 bridgehead atoms. The van der Waals surface area contributed by atoms with E-state index in [4.69, 9.17) is 10.5 Å². The van der Waals surface area contributed by atoms with E-state index >= 15 is 0 Å². The molecule has 1 saturated carbocycles. The summed E-state index contributed by atoms with van der Waals surface area (Å²) in [5, 5.41) is 2.94. The van der Waals surface area contributed by atoms with Crippen molar-refractivity contribution in [1.29, 1.82) is 0 Å². The van der Waals surface area contributed by atoms with Crippen molar-refractivity contribution >= 4 is 17.3 Å². The van der Waals surface area contributed by atoms with Gasteiger partial charge in [-0.1, -0.05) is 25.7 Å². The Balaban J connectivity index is 2.05. The molecule has 0 radical (unpaired) electrons. The van der Waals surface area contributed by atoms with Gasteiger partial charge in [-0.05, 0) is 25.0 Å². The molecule has 2 rings (SSSR count). The van der Waals surface area contributed by atoms with Gasteiger partial charge in [0.05, 0.1) is 18.5 Å². The first-order chi connectivity index (χ1) is 9.20. The van der Waals surface area contributed by atoms with Gasteiger partial charge in [0.25, 0.3) is 0 Å². The van der Waals surface area contributed by atoms with Crippen molar-refractivity contribution in [2.45, 2.75) is 38.5 Å². The van der Waals surface area contributed by atoms with Crippen LogP contribution in [0.25, 0.3) is 0 Å². The first-order valence-electron chi connectivity index (χ1n) is 6.95. The molecule has 1 aromatic carbocycles. The monoisotopic (exact) mass is 262 g/mol. The maximum atomic E-state index is 12.3. The molecule has 0 saturated heterocycles. The van der Waals surface area contributed by atoms with Gasteiger partial charge in [0.1, 0.15) is 5.75 Å². The zero-order valence-electron chi connectivity index (χ0n) is 11.4. The first-order valence-corrected chi connectivity index (χ1v) is 6.95. The lowest BCUT2D eigenvalue weighted by Gasteiger charge is -2.15. The number of methoxy groups -OCH3 is 1. The van der Waals surface area contributed by atoms with E-state index in [1.54, 1.807) is 25.3 Å². The number of anilines is 2. The van der Waals surface area contributed by atoms with Crippen LogP contribution in [-0.2, 0) is 4.79 Å². The summed E-state index contributed by atoms with van der Waals surface area (Å²) < 4.78 is 5.15. The Kier molecular flexibility index (Phi) is 4.66. The van der Waals surface area contributed by atoms with Crippen molar-refractivity contribution in [1.82, 2.24) is 0 Å². The third-order valence-electron chi connectivity index (χ3n) is 3.74. The Labute approximate surface area is 114 Å². The highest BCUT2D eigenvalue weighted by Gasteiger charge is 2.20. The summed E-state index contributed by atoms with van der Waals surface area (Å²) in [7, 11) is 1.60. The first kappa shape index (κ1) is 13.7. The molecule has 0 unspecified atom stereocenters. The van der Waals surface area contributed by atoms with Crippen LogP contribution in [0, 0.1) is 5.92 Å². The van der Waals surface area contributed by atoms with Crippen LogP contribution in [0.2, 0.25) is 0 Å². The molecule has 1 aliphatic rings. The van der Waals surface area contributed by atoms with E-state index < -0.39 is 0 Å². The van der Waals surface area contributed by atoms with Crippen molar-refractivity contribution in [3.05, 3.63) is 18.2 Å². The number of carbonyl (C=O) groups excluding carboxylic acids is 1. The fourth-order valence-corrected chi connectivity index (χ4v) is 2.55. The summed E-state index contributed by atoms with van der Waals surface area (Å²) in [5.41, 5.74) is 7.10. The molecule has 1 fully saturated rings. The lowest BCUT2D eigenvalue weighted by Crippen LogP contribution is -2.22. The molecule has 3 N–H and O–H groups in total. The fraction of sp³-hybridized carbons (Fsp3) is 0.533. The molecule has 0 atom stereocenters. The smallest absolute Gasteiger partial charge is 0.227 e. The molecular weight excluding hydrogens is 240 g/mol. The predicted molar refractivity (Wildman–Crippen MR) is 77.2 cm³/mol. The molecular formula is C15H22N2O2. The van der Waals surface area contributed by atoms with Gasteiger partial charge in [-0.2, -0.15) is 0 Å². The van der Waals surface area contributed by atoms with Crippen molar-refractivity contribution in [2.75, 3.05) is 18.2 Å². The molecule has 19 heavy (non-hydrogen) atoms. The van der Waals surface area contributed by atoms with E-state index in [2.05, 4.69) is 5.32 Å². The normalized spacial score (nSPS) is 16.7. The largest absolute Gasteiger partial charge is 0.497 e. The Morgan fingerprint density at radius 3 is 2.58 bits per heavy atom. The van der Waals surface area contributed by atoms with Crippen molar-refractivity contribution in [2.24, 2.45) is 5.92 Å². The van der Waals surface area contributed by atoms with E-state index in [0.29, 0.717) is 17.1 Å². The van der Waals surface area contributed by atoms with Crippen LogP contribution in [0.5, 0.6) is 5.75 Å². The zero-order chi connectivity index (χ0) is 13.7. The minimum atomic E-state index is 0.0850. The number of nitrogens with two attached hydrogens (primary N) is 1. The lowest BCUT2D eigenvalue weighted by atomic mass is 9.99. The number of carbonyl (C=O) groups is 1. The highest BCUT2D eigenvalue weighted by atomic mass is 16.5. The Hall–Kier alpha value is -1.71. The highest BCUT2D eigenvalue weighted by Crippen LogP contribution is 2.28. The second-order valence-electron chi connectivity index (χ2n) is 5.13. The van der Waals surface area contributed by atoms with Crippen molar-refractivity contribution in [3.63, 3.8) is 0 Å². The molecule has 4 heteroatoms. The van der Waals surface area contributed by atoms with Crippen LogP contribution in [0.1, 0.15) is 38.5 Å². The molecule has 1 amide bonds. The van der Waals surface area contributed by atoms with Gasteiger partial charge < -0.3 is 15.8 Å². The molecule has 1 aliphatic carbocycles. The highest BCUT2D eigenvalue weighted by molar-refractivity contribution is 5.95. The van der Waals surface area contributed by atoms with Gasteiger partial charge in [-0.3, -0.25) is 4.79 Å². The van der Waals surface area contributed by atoms with E-state index in [1.165, 1.54) is 12.8 Å². The number of hydrogen-bond acceptors (Lipinski definition) is 3. The van der Waals surface area contributed by atoms with Gasteiger partial charge in [0.15, 0.2) is 0 Å². The Morgan fingerprint density at radius 2 is 1.95 bits per heavy atom. The van der Waals surface area contributed by atoms with Gasteiger partial charge in [0.2, 0.25) is 5.91 Å². The van der Waals surface area contributed by atoms with Crippen LogP contribution in [0.3, 0.4) is 0 Å². The van der Waals surface area contributed by atoms with Crippen LogP contribution in [-0.4, -0.2) is 13.0 Å². The average Bonchev–Trinajstić information content (AvgIpc) is 2.70. The van der Waals surface area contributed by atoms with Crippen LogP contribution in [0.4, 0.5) is 11.4 Å². The third kappa shape index (κ3) is 3.63. The minimum Gasteiger partial charge on any atom is -0.497 e. The van der Waals surface area contributed by atoms with E-state index in [-0.39, 0.29) is 11.8 Å². The summed E-state index contributed by atoms with van der Waals surface area (Å²) in [4.78, 5) is 12.3. The number of hydrogen-bond donors (Lipinski definition) is 2. The number of benzene rings is 1. The molecule has 4 nitrogen and oxygen atoms in total. The SMILES string of the molecule is COc1ccc(N)c(NC(=O)C2CCCCCC2)c1. The molecule has 0 heterocycles. The van der Waals surface area contributed by atoms with Crippen LogP contribution in [0.15, 0.2) is 18.2 Å². The topological polar surface area (TPSA) is 64.3 Å². The summed E-state index contributed by atoms with van der Waals surface area (Å²) in [6.45, 7) is 0. The number of ether oxygens (including phenoxy) is 1. The quantitative estimate of drug-likeness (QED) is 0.649. The van der Waals surface area contributed by atoms with Gasteiger partial charge in [-0.15, -0.1) is 0 Å². The Morgan fingerprint density at radius 1 is 1.26 bits per heavy atom. The maximum Gasteiger partial charge on any atom is 0.227 e. The zero-order valence-corrected chi connectivity index (χ0v) is 11.4. The second-order valence-corrected chi connectivity index (χ2v) is 5.13. The van der Waals surface area contributed by atoms with E-state index in [0.717, 1.165) is 25.7 Å². The summed E-state index contributed by atoms with van der Waals surface area (Å²) in [6, 6.07) is 5.31. The van der Waals surface area contributed by atoms with E-state index in [9.17, 15) is 4.79 Å². The minimum absolute atomic E-state index is 0.0850. The maximum absolute atomic E-state index is 12.3. The average molecular weight is 262 g/mol. The molecule has 0 spiro atoms. The summed E-state index contributed by atoms with van der Waals surface area (Å²) >= 11 is 0. The molecule has 1 aromatic rings. The third-order valence-corrected chi connectivity index (χ3v) is 3.74. The van der Waals surface area contributed by atoms with Crippen molar-refractivity contribution in [3.8, 4) is 5.75 Å². The number of nitrogens with one attached hydrogen (secondary N) is 1. The number of rotatable bonds is 3. The molecule has 0 aromatic heterocycles. The molecule has 0 aliphatic heterocycles. The van der Waals surface area contributed by atoms with Crippen LogP contribution >= 0.6 is 0 Å². The standard InChI is InChI=1S/C15H22N2O2/c1-19-12-8-9-13(16)14(10-12)17-15(18)11-6-4-2-3-5-7-11/h8-11H,2-7,16H2,1H3,(H,17,18). The Bertz CT molecular complexity index is 438. The number of amides is 1. The summed E-state index contributed by atoms with van der Waals surface area (Å²) in [5.74, 6) is 0.903. The van der Waals surface area contributed by atoms with E-state index in [1.807, 2.05) is 0 Å². The lowest BCUT2D eigenvalue weighted by molar-refractivity contribution is -0.120. The van der Waals surface area contributed by atoms with Gasteiger partial charge in [-0.25, -0.2) is 0 Å². The van der Waals surface area contributed by atoms with Gasteiger partial charge in [0, 0.05) is 12.0 Å². The van der Waals surface area contributed by atoms with Crippen LogP contribution < -0.4 is 15.8 Å². The molecule has 104 valence electrons. The van der Waals surface area contributed by atoms with Gasteiger partial charge >= 0.3 is 0 Å². The predicted octanol–water partition coefficient (Wildman–Crippen LogP) is 3.19. The van der Waals surface area contributed by atoms with Crippen molar-refractivity contribution < 1.29 is 9.53 Å². The second kappa shape index (κ2) is 6.45. The summed E-state index contributed by atoms with van der Waals surface area (Å²) in [6.07, 6.45) is 6.74. The number of nitrogen functional groups attached to an aromatic ring is 1.